The summed E-state index contributed by atoms with van der Waals surface area (Å²) in [4.78, 5) is 28.3. The Labute approximate surface area is 219 Å². The van der Waals surface area contributed by atoms with Gasteiger partial charge in [0.05, 0.1) is 17.6 Å². The fraction of sp³-hybridized carbons (Fsp3) is 0.417. The Morgan fingerprint density at radius 2 is 1.50 bits per heavy atom. The van der Waals surface area contributed by atoms with E-state index < -0.39 is 22.2 Å². The van der Waals surface area contributed by atoms with Gasteiger partial charge < -0.3 is 25.1 Å². The van der Waals surface area contributed by atoms with Crippen LogP contribution in [0.5, 0.6) is 0 Å². The monoisotopic (exact) mass is 557 g/mol. The van der Waals surface area contributed by atoms with E-state index in [9.17, 15) is 26.4 Å². The van der Waals surface area contributed by atoms with E-state index in [1.165, 1.54) is 0 Å². The number of hydrogen-bond donors (Lipinski definition) is 3. The largest absolute Gasteiger partial charge is 0.490 e. The lowest BCUT2D eigenvalue weighted by Crippen LogP contribution is -2.48. The summed E-state index contributed by atoms with van der Waals surface area (Å²) >= 11 is 0. The Bertz CT molecular complexity index is 1210. The summed E-state index contributed by atoms with van der Waals surface area (Å²) in [5.41, 5.74) is 2.92. The number of benzene rings is 2. The molecular weight excluding hydrogens is 527 g/mol. The topological polar surface area (TPSA) is 122 Å². The summed E-state index contributed by atoms with van der Waals surface area (Å²) < 4.78 is 58.2. The molecule has 0 bridgehead atoms. The molecule has 4 rings (SSSR count). The maximum atomic E-state index is 13.2. The highest BCUT2D eigenvalue weighted by atomic mass is 32.2. The summed E-state index contributed by atoms with van der Waals surface area (Å²) in [6.07, 6.45) is -3.95. The van der Waals surface area contributed by atoms with Crippen molar-refractivity contribution in [3.05, 3.63) is 54.1 Å². The Morgan fingerprint density at radius 1 is 0.921 bits per heavy atom. The number of para-hydroxylation sites is 1. The number of carbonyl (C=O) groups excluding carboxylic acids is 1. The Balaban J connectivity index is 0.000000505. The zero-order chi connectivity index (χ0) is 27.9. The number of carboxylic acids is 1. The van der Waals surface area contributed by atoms with Gasteiger partial charge in [0, 0.05) is 63.6 Å². The molecule has 0 atom stereocenters. The maximum Gasteiger partial charge on any atom is 0.490 e. The van der Waals surface area contributed by atoms with Crippen LogP contribution in [0.25, 0.3) is 0 Å². The molecule has 2 aliphatic rings. The van der Waals surface area contributed by atoms with E-state index in [1.807, 2.05) is 29.2 Å². The fourth-order valence-corrected chi connectivity index (χ4v) is 4.68. The fourth-order valence-electron chi connectivity index (χ4n) is 4.12. The molecule has 10 nitrogen and oxygen atoms in total. The quantitative estimate of drug-likeness (QED) is 0.511. The third-order valence-corrected chi connectivity index (χ3v) is 6.52. The summed E-state index contributed by atoms with van der Waals surface area (Å²) in [6.45, 7) is 6.03. The smallest absolute Gasteiger partial charge is 0.475 e. The van der Waals surface area contributed by atoms with Crippen LogP contribution in [-0.2, 0) is 14.8 Å². The predicted octanol–water partition coefficient (Wildman–Crippen LogP) is 2.06. The molecule has 2 aromatic rings. The molecule has 38 heavy (non-hydrogen) atoms. The van der Waals surface area contributed by atoms with Gasteiger partial charge in [-0.25, -0.2) is 13.2 Å². The molecule has 0 saturated carbocycles. The number of hydrogen-bond acceptors (Lipinski definition) is 7. The van der Waals surface area contributed by atoms with Crippen molar-refractivity contribution in [2.24, 2.45) is 0 Å². The molecule has 0 aliphatic carbocycles. The Morgan fingerprint density at radius 3 is 2.03 bits per heavy atom. The van der Waals surface area contributed by atoms with Crippen LogP contribution in [0.2, 0.25) is 0 Å². The molecule has 2 saturated heterocycles. The van der Waals surface area contributed by atoms with E-state index in [0.717, 1.165) is 56.9 Å². The minimum atomic E-state index is -5.08. The number of anilines is 3. The lowest BCUT2D eigenvalue weighted by molar-refractivity contribution is -0.192. The number of rotatable bonds is 5. The van der Waals surface area contributed by atoms with E-state index in [2.05, 4.69) is 32.0 Å². The van der Waals surface area contributed by atoms with Crippen molar-refractivity contribution >= 4 is 39.0 Å². The van der Waals surface area contributed by atoms with Crippen LogP contribution in [0, 0.1) is 0 Å². The molecule has 0 aromatic heterocycles. The molecule has 0 spiro atoms. The Hall–Kier alpha value is -3.52. The normalized spacial score (nSPS) is 16.4. The average molecular weight is 558 g/mol. The lowest BCUT2D eigenvalue weighted by atomic mass is 10.1. The number of carboxylic acid groups (broad SMARTS) is 1. The van der Waals surface area contributed by atoms with Crippen LogP contribution in [0.1, 0.15) is 10.4 Å². The van der Waals surface area contributed by atoms with Gasteiger partial charge in [-0.15, -0.1) is 0 Å². The first-order valence-electron chi connectivity index (χ1n) is 11.8. The van der Waals surface area contributed by atoms with Crippen molar-refractivity contribution in [3.63, 3.8) is 0 Å². The molecule has 2 aliphatic heterocycles. The molecule has 3 N–H and O–H groups in total. The number of nitrogens with one attached hydrogen (secondary N) is 2. The van der Waals surface area contributed by atoms with E-state index in [4.69, 9.17) is 9.90 Å². The summed E-state index contributed by atoms with van der Waals surface area (Å²) in [7, 11) is -3.47. The second-order valence-corrected chi connectivity index (χ2v) is 10.5. The van der Waals surface area contributed by atoms with Crippen LogP contribution in [-0.4, -0.2) is 95.1 Å². The molecule has 2 heterocycles. The minimum Gasteiger partial charge on any atom is -0.475 e. The summed E-state index contributed by atoms with van der Waals surface area (Å²) in [5.74, 6) is -2.83. The van der Waals surface area contributed by atoms with Gasteiger partial charge in [0.2, 0.25) is 10.0 Å². The van der Waals surface area contributed by atoms with Gasteiger partial charge >= 0.3 is 12.1 Å². The van der Waals surface area contributed by atoms with Gasteiger partial charge in [-0.3, -0.25) is 9.52 Å². The molecular formula is C24H30F3N5O5S. The van der Waals surface area contributed by atoms with Gasteiger partial charge in [0.15, 0.2) is 0 Å². The number of nitrogens with zero attached hydrogens (tertiary/aromatic N) is 3. The average Bonchev–Trinajstić information content (AvgIpc) is 2.88. The molecule has 0 unspecified atom stereocenters. The molecule has 2 fully saturated rings. The van der Waals surface area contributed by atoms with Crippen molar-refractivity contribution in [2.75, 3.05) is 73.1 Å². The molecule has 1 amide bonds. The Kier molecular flexibility index (Phi) is 9.44. The number of carbonyl (C=O) groups is 2. The second kappa shape index (κ2) is 12.3. The first kappa shape index (κ1) is 29.0. The van der Waals surface area contributed by atoms with Crippen molar-refractivity contribution in [2.45, 2.75) is 6.18 Å². The van der Waals surface area contributed by atoms with Crippen molar-refractivity contribution in [1.29, 1.82) is 0 Å². The molecule has 0 radical (unpaired) electrons. The van der Waals surface area contributed by atoms with Crippen molar-refractivity contribution in [1.82, 2.24) is 10.2 Å². The molecule has 2 aromatic carbocycles. The van der Waals surface area contributed by atoms with E-state index in [0.29, 0.717) is 24.3 Å². The summed E-state index contributed by atoms with van der Waals surface area (Å²) in [6, 6.07) is 15.5. The van der Waals surface area contributed by atoms with Gasteiger partial charge in [-0.2, -0.15) is 13.2 Å². The first-order chi connectivity index (χ1) is 17.8. The minimum absolute atomic E-state index is 0.0730. The van der Waals surface area contributed by atoms with Crippen LogP contribution in [0.15, 0.2) is 48.5 Å². The third kappa shape index (κ3) is 8.25. The van der Waals surface area contributed by atoms with Crippen LogP contribution in [0.4, 0.5) is 30.2 Å². The number of halogens is 3. The maximum absolute atomic E-state index is 13.2. The highest BCUT2D eigenvalue weighted by molar-refractivity contribution is 7.92. The van der Waals surface area contributed by atoms with Crippen molar-refractivity contribution in [3.8, 4) is 0 Å². The van der Waals surface area contributed by atoms with Gasteiger partial charge in [-0.1, -0.05) is 18.2 Å². The highest BCUT2D eigenvalue weighted by Crippen LogP contribution is 2.29. The number of piperazine rings is 2. The van der Waals surface area contributed by atoms with E-state index in [-0.39, 0.29) is 5.91 Å². The number of amides is 1. The van der Waals surface area contributed by atoms with Gasteiger partial charge in [0.1, 0.15) is 0 Å². The van der Waals surface area contributed by atoms with Crippen LogP contribution in [0.3, 0.4) is 0 Å². The standard InChI is InChI=1S/C22H29N5O3S.C2HF3O2/c1-31(29,30)24-20-17-18(7-8-21(20)26-11-9-23-10-12-26)22(28)27-15-13-25(14-16-27)19-5-3-2-4-6-19;3-2(4,5)1(6)7/h2-8,17,23-24H,9-16H2,1H3;(H,6,7). The summed E-state index contributed by atoms with van der Waals surface area (Å²) in [5, 5.41) is 10.4. The molecule has 14 heteroatoms. The number of aliphatic carboxylic acids is 1. The lowest BCUT2D eigenvalue weighted by Gasteiger charge is -2.36. The van der Waals surface area contributed by atoms with Crippen LogP contribution >= 0.6 is 0 Å². The first-order valence-corrected chi connectivity index (χ1v) is 13.7. The van der Waals surface area contributed by atoms with Crippen molar-refractivity contribution < 1.29 is 36.3 Å². The van der Waals surface area contributed by atoms with E-state index in [1.54, 1.807) is 12.1 Å². The number of sulfonamides is 1. The highest BCUT2D eigenvalue weighted by Gasteiger charge is 2.38. The predicted molar refractivity (Wildman–Crippen MR) is 138 cm³/mol. The third-order valence-electron chi connectivity index (χ3n) is 5.93. The van der Waals surface area contributed by atoms with E-state index >= 15 is 0 Å². The van der Waals surface area contributed by atoms with Gasteiger partial charge in [0.25, 0.3) is 5.91 Å². The zero-order valence-corrected chi connectivity index (χ0v) is 21.6. The van der Waals surface area contributed by atoms with Crippen LogP contribution < -0.4 is 19.8 Å². The zero-order valence-electron chi connectivity index (χ0n) is 20.7. The second-order valence-electron chi connectivity index (χ2n) is 8.76. The SMILES string of the molecule is CS(=O)(=O)Nc1cc(C(=O)N2CCN(c3ccccc3)CC2)ccc1N1CCNCC1.O=C(O)C(F)(F)F. The van der Waals surface area contributed by atoms with Gasteiger partial charge in [-0.05, 0) is 30.3 Å². The molecule has 208 valence electrons. The number of alkyl halides is 3.